The summed E-state index contributed by atoms with van der Waals surface area (Å²) >= 11 is 0. The third-order valence-corrected chi connectivity index (χ3v) is 6.97. The Balaban J connectivity index is 1.41. The second-order valence-corrected chi connectivity index (χ2v) is 9.62. The fourth-order valence-electron chi connectivity index (χ4n) is 4.72. The van der Waals surface area contributed by atoms with E-state index in [2.05, 4.69) is 9.97 Å². The zero-order valence-corrected chi connectivity index (χ0v) is 22.7. The Hall–Kier alpha value is -4.76. The van der Waals surface area contributed by atoms with Crippen LogP contribution in [-0.2, 0) is 6.42 Å². The van der Waals surface area contributed by atoms with Crippen LogP contribution in [0, 0.1) is 6.92 Å². The molecule has 0 fully saturated rings. The van der Waals surface area contributed by atoms with Crippen LogP contribution in [0.5, 0.6) is 17.2 Å². The minimum atomic E-state index is -0.739. The number of aliphatic hydroxyl groups is 1. The van der Waals surface area contributed by atoms with Crippen molar-refractivity contribution >= 4 is 16.7 Å². The molecule has 0 radical (unpaired) electrons. The van der Waals surface area contributed by atoms with E-state index in [0.29, 0.717) is 34.3 Å². The van der Waals surface area contributed by atoms with Crippen molar-refractivity contribution in [3.63, 3.8) is 0 Å². The number of hydrogen-bond donors (Lipinski definition) is 1. The quantitative estimate of drug-likeness (QED) is 0.261. The maximum absolute atomic E-state index is 13.6. The number of carbonyl (C=O) groups is 1. The molecule has 0 spiro atoms. The van der Waals surface area contributed by atoms with Crippen LogP contribution in [0.15, 0.2) is 83.9 Å². The molecule has 40 heavy (non-hydrogen) atoms. The highest BCUT2D eigenvalue weighted by Gasteiger charge is 2.27. The van der Waals surface area contributed by atoms with E-state index in [1.54, 1.807) is 68.4 Å². The van der Waals surface area contributed by atoms with Crippen molar-refractivity contribution in [1.29, 1.82) is 0 Å². The van der Waals surface area contributed by atoms with E-state index in [9.17, 15) is 14.7 Å². The Morgan fingerprint density at radius 2 is 1.75 bits per heavy atom. The maximum Gasteiger partial charge on any atom is 0.282 e. The van der Waals surface area contributed by atoms with E-state index in [1.807, 2.05) is 43.3 Å². The van der Waals surface area contributed by atoms with Gasteiger partial charge in [-0.15, -0.1) is 0 Å². The molecule has 0 saturated heterocycles. The first-order chi connectivity index (χ1) is 19.3. The van der Waals surface area contributed by atoms with Gasteiger partial charge in [-0.05, 0) is 63.2 Å². The average molecular weight is 539 g/mol. The van der Waals surface area contributed by atoms with Crippen molar-refractivity contribution in [2.45, 2.75) is 39.3 Å². The summed E-state index contributed by atoms with van der Waals surface area (Å²) in [5.41, 5.74) is 2.00. The van der Waals surface area contributed by atoms with Crippen molar-refractivity contribution in [3.8, 4) is 22.9 Å². The zero-order valence-electron chi connectivity index (χ0n) is 22.7. The highest BCUT2D eigenvalue weighted by molar-refractivity contribution is 5.98. The molecule has 0 unspecified atom stereocenters. The number of methoxy groups -OCH3 is 1. The van der Waals surface area contributed by atoms with Crippen LogP contribution in [0.3, 0.4) is 0 Å². The Morgan fingerprint density at radius 1 is 1.00 bits per heavy atom. The number of pyridine rings is 2. The maximum atomic E-state index is 13.6. The second kappa shape index (κ2) is 11.2. The standard InChI is InChI=1S/C31H30N4O5/c1-19(21(3)36)34-20(2)30(31(38)35(34)23-8-6-5-7-9-23)28(37)16-22-10-11-25(18-33-22)40-29-14-15-32-27-17-24(39-4)12-13-26(27)29/h5-15,17-19,21,36H,16H2,1-4H3/t19-,21-/m1/s1. The van der Waals surface area contributed by atoms with E-state index in [-0.39, 0.29) is 17.8 Å². The molecule has 9 nitrogen and oxygen atoms in total. The largest absolute Gasteiger partial charge is 0.497 e. The molecule has 0 amide bonds. The predicted molar refractivity (Wildman–Crippen MR) is 152 cm³/mol. The van der Waals surface area contributed by atoms with Crippen molar-refractivity contribution in [2.75, 3.05) is 7.11 Å². The van der Waals surface area contributed by atoms with Gasteiger partial charge in [0.25, 0.3) is 5.56 Å². The molecule has 204 valence electrons. The number of ketones is 1. The molecule has 0 bridgehead atoms. The summed E-state index contributed by atoms with van der Waals surface area (Å²) in [6.45, 7) is 5.20. The van der Waals surface area contributed by atoms with Gasteiger partial charge < -0.3 is 14.6 Å². The summed E-state index contributed by atoms with van der Waals surface area (Å²) in [6, 6.07) is 19.4. The molecule has 5 rings (SSSR count). The van der Waals surface area contributed by atoms with Gasteiger partial charge in [-0.2, -0.15) is 0 Å². The minimum Gasteiger partial charge on any atom is -0.497 e. The lowest BCUT2D eigenvalue weighted by atomic mass is 10.1. The van der Waals surface area contributed by atoms with Gasteiger partial charge in [0.1, 0.15) is 22.8 Å². The lowest BCUT2D eigenvalue weighted by molar-refractivity contribution is 0.0989. The van der Waals surface area contributed by atoms with Gasteiger partial charge in [-0.1, -0.05) is 18.2 Å². The first kappa shape index (κ1) is 26.8. The van der Waals surface area contributed by atoms with Crippen molar-refractivity contribution in [1.82, 2.24) is 19.3 Å². The van der Waals surface area contributed by atoms with Crippen molar-refractivity contribution < 1.29 is 19.4 Å². The lowest BCUT2D eigenvalue weighted by Gasteiger charge is -2.22. The Kier molecular flexibility index (Phi) is 7.48. The van der Waals surface area contributed by atoms with Crippen molar-refractivity contribution in [2.24, 2.45) is 0 Å². The highest BCUT2D eigenvalue weighted by atomic mass is 16.5. The molecule has 2 aromatic carbocycles. The van der Waals surface area contributed by atoms with Crippen molar-refractivity contribution in [3.05, 3.63) is 106 Å². The number of Topliss-reactive ketones (excluding diaryl/α,β-unsaturated/α-hetero) is 1. The molecule has 3 heterocycles. The first-order valence-corrected chi connectivity index (χ1v) is 12.9. The van der Waals surface area contributed by atoms with Crippen LogP contribution in [-0.4, -0.2) is 43.4 Å². The molecular formula is C31H30N4O5. The lowest BCUT2D eigenvalue weighted by Crippen LogP contribution is -2.29. The van der Waals surface area contributed by atoms with Crippen LogP contribution >= 0.6 is 0 Å². The number of para-hydroxylation sites is 1. The van der Waals surface area contributed by atoms with Gasteiger partial charge >= 0.3 is 0 Å². The van der Waals surface area contributed by atoms with Crippen LogP contribution < -0.4 is 15.0 Å². The van der Waals surface area contributed by atoms with E-state index in [4.69, 9.17) is 9.47 Å². The first-order valence-electron chi connectivity index (χ1n) is 12.9. The Morgan fingerprint density at radius 3 is 2.42 bits per heavy atom. The molecule has 0 aliphatic heterocycles. The third kappa shape index (κ3) is 5.11. The van der Waals surface area contributed by atoms with E-state index in [0.717, 1.165) is 10.9 Å². The number of ether oxygens (including phenoxy) is 2. The van der Waals surface area contributed by atoms with Crippen LogP contribution in [0.2, 0.25) is 0 Å². The van der Waals surface area contributed by atoms with Crippen LogP contribution in [0.4, 0.5) is 0 Å². The summed E-state index contributed by atoms with van der Waals surface area (Å²) in [5.74, 6) is 1.47. The number of nitrogens with zero attached hydrogens (tertiary/aromatic N) is 4. The monoisotopic (exact) mass is 538 g/mol. The fourth-order valence-corrected chi connectivity index (χ4v) is 4.72. The van der Waals surface area contributed by atoms with Crippen LogP contribution in [0.1, 0.15) is 41.6 Å². The molecule has 0 aliphatic rings. The highest BCUT2D eigenvalue weighted by Crippen LogP contribution is 2.30. The summed E-state index contributed by atoms with van der Waals surface area (Å²) in [4.78, 5) is 35.8. The molecule has 3 aromatic heterocycles. The zero-order chi connectivity index (χ0) is 28.4. The summed E-state index contributed by atoms with van der Waals surface area (Å²) in [5, 5.41) is 11.1. The number of carbonyl (C=O) groups excluding carboxylic acids is 1. The van der Waals surface area contributed by atoms with Gasteiger partial charge in [-0.3, -0.25) is 24.2 Å². The summed E-state index contributed by atoms with van der Waals surface area (Å²) < 4.78 is 14.5. The average Bonchev–Trinajstić information content (AvgIpc) is 3.23. The molecule has 1 N–H and O–H groups in total. The SMILES string of the molecule is COc1ccc2c(Oc3ccc(CC(=O)c4c(C)n([C@H](C)[C@@H](C)O)n(-c5ccccc5)c4=O)nc3)ccnc2c1. The predicted octanol–water partition coefficient (Wildman–Crippen LogP) is 5.06. The topological polar surface area (TPSA) is 108 Å². The number of fused-ring (bicyclic) bond motifs is 1. The number of rotatable bonds is 9. The molecule has 0 aliphatic carbocycles. The molecule has 9 heteroatoms. The second-order valence-electron chi connectivity index (χ2n) is 9.62. The Bertz CT molecular complexity index is 1720. The minimum absolute atomic E-state index is 0.0593. The van der Waals surface area contributed by atoms with Gasteiger partial charge in [0.05, 0.1) is 43.1 Å². The third-order valence-electron chi connectivity index (χ3n) is 6.97. The van der Waals surface area contributed by atoms with Gasteiger partial charge in [-0.25, -0.2) is 4.68 Å². The summed E-state index contributed by atoms with van der Waals surface area (Å²) in [7, 11) is 1.60. The van der Waals surface area contributed by atoms with E-state index < -0.39 is 17.7 Å². The van der Waals surface area contributed by atoms with Gasteiger partial charge in [0.15, 0.2) is 5.78 Å². The summed E-state index contributed by atoms with van der Waals surface area (Å²) in [6.07, 6.45) is 2.41. The number of hydrogen-bond acceptors (Lipinski definition) is 7. The van der Waals surface area contributed by atoms with Gasteiger partial charge in [0, 0.05) is 29.0 Å². The van der Waals surface area contributed by atoms with E-state index in [1.165, 1.54) is 4.68 Å². The Labute approximate surface area is 231 Å². The normalized spacial score (nSPS) is 12.7. The molecule has 5 aromatic rings. The van der Waals surface area contributed by atoms with Gasteiger partial charge in [0.2, 0.25) is 0 Å². The number of aliphatic hydroxyl groups excluding tert-OH is 1. The number of aromatic nitrogens is 4. The number of benzene rings is 2. The molecule has 2 atom stereocenters. The van der Waals surface area contributed by atoms with E-state index >= 15 is 0 Å². The molecular weight excluding hydrogens is 508 g/mol. The fraction of sp³-hybridized carbons (Fsp3) is 0.226. The van der Waals surface area contributed by atoms with Crippen LogP contribution in [0.25, 0.3) is 16.6 Å². The smallest absolute Gasteiger partial charge is 0.282 e. The molecule has 0 saturated carbocycles.